The molecule has 0 aliphatic heterocycles. The van der Waals surface area contributed by atoms with Crippen LogP contribution in [-0.4, -0.2) is 12.2 Å². The van der Waals surface area contributed by atoms with Gasteiger partial charge in [-0.1, -0.05) is 24.3 Å². The van der Waals surface area contributed by atoms with Crippen molar-refractivity contribution in [1.82, 2.24) is 0 Å². The van der Waals surface area contributed by atoms with Gasteiger partial charge >= 0.3 is 0 Å². The number of hydrogen-bond donors (Lipinski definition) is 1. The molecule has 2 aromatic rings. The van der Waals surface area contributed by atoms with Crippen molar-refractivity contribution in [3.8, 4) is 11.5 Å². The summed E-state index contributed by atoms with van der Waals surface area (Å²) in [6.45, 7) is 1.43. The van der Waals surface area contributed by atoms with Crippen LogP contribution >= 0.6 is 0 Å². The van der Waals surface area contributed by atoms with Crippen molar-refractivity contribution in [2.45, 2.75) is 6.92 Å². The zero-order chi connectivity index (χ0) is 13.7. The van der Waals surface area contributed by atoms with Crippen LogP contribution in [-0.2, 0) is 4.79 Å². The second-order valence-electron chi connectivity index (χ2n) is 3.94. The highest BCUT2D eigenvalue weighted by Gasteiger charge is 2.08. The summed E-state index contributed by atoms with van der Waals surface area (Å²) >= 11 is 0. The van der Waals surface area contributed by atoms with Crippen molar-refractivity contribution in [3.05, 3.63) is 54.1 Å². The Morgan fingerprint density at radius 3 is 2.37 bits per heavy atom. The second-order valence-corrected chi connectivity index (χ2v) is 3.94. The van der Waals surface area contributed by atoms with Gasteiger partial charge in [0.25, 0.3) is 0 Å². The molecule has 0 atom stereocenters. The van der Waals surface area contributed by atoms with E-state index in [1.54, 1.807) is 48.5 Å². The minimum Gasteiger partial charge on any atom is -0.454 e. The predicted octanol–water partition coefficient (Wildman–Crippen LogP) is 3.25. The Morgan fingerprint density at radius 2 is 1.68 bits per heavy atom. The summed E-state index contributed by atoms with van der Waals surface area (Å²) in [6.07, 6.45) is 0.732. The van der Waals surface area contributed by atoms with Gasteiger partial charge in [-0.15, -0.1) is 0 Å². The Balaban J connectivity index is 2.32. The first-order chi connectivity index (χ1) is 9.20. The van der Waals surface area contributed by atoms with Gasteiger partial charge in [0.1, 0.15) is 5.75 Å². The smallest absolute Gasteiger partial charge is 0.221 e. The largest absolute Gasteiger partial charge is 0.454 e. The third-order valence-corrected chi connectivity index (χ3v) is 2.46. The number of aldehydes is 1. The van der Waals surface area contributed by atoms with E-state index in [1.165, 1.54) is 6.92 Å². The Bertz CT molecular complexity index is 608. The maximum atomic E-state index is 11.1. The number of amides is 1. The van der Waals surface area contributed by atoms with Crippen LogP contribution in [0.1, 0.15) is 17.3 Å². The molecule has 0 unspecified atom stereocenters. The van der Waals surface area contributed by atoms with E-state index in [0.717, 1.165) is 6.29 Å². The molecule has 0 saturated carbocycles. The van der Waals surface area contributed by atoms with Crippen LogP contribution in [0, 0.1) is 0 Å². The van der Waals surface area contributed by atoms with Crippen molar-refractivity contribution in [1.29, 1.82) is 0 Å². The molecular formula is C15H13NO3. The Kier molecular flexibility index (Phi) is 3.93. The zero-order valence-corrected chi connectivity index (χ0v) is 10.4. The lowest BCUT2D eigenvalue weighted by Crippen LogP contribution is -2.06. The van der Waals surface area contributed by atoms with E-state index >= 15 is 0 Å². The minimum atomic E-state index is -0.181. The Morgan fingerprint density at radius 1 is 1.05 bits per heavy atom. The van der Waals surface area contributed by atoms with Gasteiger partial charge in [-0.3, -0.25) is 9.59 Å². The summed E-state index contributed by atoms with van der Waals surface area (Å²) in [4.78, 5) is 22.0. The van der Waals surface area contributed by atoms with E-state index in [1.807, 2.05) is 0 Å². The van der Waals surface area contributed by atoms with Crippen molar-refractivity contribution in [3.63, 3.8) is 0 Å². The minimum absolute atomic E-state index is 0.181. The van der Waals surface area contributed by atoms with Crippen LogP contribution in [0.5, 0.6) is 11.5 Å². The molecule has 0 heterocycles. The molecule has 1 amide bonds. The molecule has 96 valence electrons. The number of nitrogens with one attached hydrogen (secondary N) is 1. The summed E-state index contributed by atoms with van der Waals surface area (Å²) < 4.78 is 5.69. The number of para-hydroxylation sites is 3. The van der Waals surface area contributed by atoms with E-state index in [0.29, 0.717) is 22.7 Å². The first-order valence-electron chi connectivity index (χ1n) is 5.79. The molecule has 2 rings (SSSR count). The van der Waals surface area contributed by atoms with Crippen molar-refractivity contribution in [2.75, 3.05) is 5.32 Å². The summed E-state index contributed by atoms with van der Waals surface area (Å²) in [5, 5.41) is 2.68. The molecule has 0 aliphatic carbocycles. The standard InChI is InChI=1S/C15H13NO3/c1-11(18)16-13-7-3-5-9-15(13)19-14-8-4-2-6-12(14)10-17/h2-10H,1H3,(H,16,18). The molecule has 0 radical (unpaired) electrons. The summed E-state index contributed by atoms with van der Waals surface area (Å²) in [5.41, 5.74) is 1.02. The molecule has 0 aromatic heterocycles. The highest BCUT2D eigenvalue weighted by atomic mass is 16.5. The second kappa shape index (κ2) is 5.82. The van der Waals surface area contributed by atoms with Gasteiger partial charge in [-0.05, 0) is 24.3 Å². The number of rotatable bonds is 4. The van der Waals surface area contributed by atoms with E-state index in [2.05, 4.69) is 5.32 Å². The Hall–Kier alpha value is -2.62. The van der Waals surface area contributed by atoms with Crippen molar-refractivity contribution in [2.24, 2.45) is 0 Å². The van der Waals surface area contributed by atoms with Crippen molar-refractivity contribution < 1.29 is 14.3 Å². The fraction of sp³-hybridized carbons (Fsp3) is 0.0667. The summed E-state index contributed by atoms with van der Waals surface area (Å²) in [6, 6.07) is 14.0. The summed E-state index contributed by atoms with van der Waals surface area (Å²) in [7, 11) is 0. The normalized spacial score (nSPS) is 9.74. The van der Waals surface area contributed by atoms with Gasteiger partial charge in [-0.2, -0.15) is 0 Å². The van der Waals surface area contributed by atoms with Crippen LogP contribution < -0.4 is 10.1 Å². The van der Waals surface area contributed by atoms with Crippen LogP contribution in [0.2, 0.25) is 0 Å². The fourth-order valence-electron chi connectivity index (χ4n) is 1.64. The van der Waals surface area contributed by atoms with Gasteiger partial charge < -0.3 is 10.1 Å². The molecule has 0 bridgehead atoms. The lowest BCUT2D eigenvalue weighted by Gasteiger charge is -2.12. The fourth-order valence-corrected chi connectivity index (χ4v) is 1.64. The zero-order valence-electron chi connectivity index (χ0n) is 10.4. The highest BCUT2D eigenvalue weighted by molar-refractivity contribution is 5.90. The monoisotopic (exact) mass is 255 g/mol. The number of anilines is 1. The van der Waals surface area contributed by atoms with Gasteiger partial charge in [0.05, 0.1) is 11.3 Å². The van der Waals surface area contributed by atoms with E-state index < -0.39 is 0 Å². The molecule has 4 nitrogen and oxygen atoms in total. The molecule has 19 heavy (non-hydrogen) atoms. The molecule has 0 saturated heterocycles. The topological polar surface area (TPSA) is 55.4 Å². The van der Waals surface area contributed by atoms with E-state index in [-0.39, 0.29) is 5.91 Å². The van der Waals surface area contributed by atoms with Crippen LogP contribution in [0.15, 0.2) is 48.5 Å². The molecule has 0 aliphatic rings. The van der Waals surface area contributed by atoms with Crippen LogP contribution in [0.4, 0.5) is 5.69 Å². The molecule has 4 heteroatoms. The summed E-state index contributed by atoms with van der Waals surface area (Å²) in [5.74, 6) is 0.766. The number of hydrogen-bond acceptors (Lipinski definition) is 3. The average molecular weight is 255 g/mol. The number of carbonyl (C=O) groups is 2. The van der Waals surface area contributed by atoms with Crippen LogP contribution in [0.25, 0.3) is 0 Å². The highest BCUT2D eigenvalue weighted by Crippen LogP contribution is 2.30. The predicted molar refractivity (Wildman–Crippen MR) is 72.6 cm³/mol. The van der Waals surface area contributed by atoms with E-state index in [9.17, 15) is 9.59 Å². The molecule has 2 aromatic carbocycles. The third kappa shape index (κ3) is 3.19. The Labute approximate surface area is 111 Å². The third-order valence-electron chi connectivity index (χ3n) is 2.46. The SMILES string of the molecule is CC(=O)Nc1ccccc1Oc1ccccc1C=O. The number of benzene rings is 2. The molecule has 0 fully saturated rings. The van der Waals surface area contributed by atoms with Gasteiger partial charge in [-0.25, -0.2) is 0 Å². The molecular weight excluding hydrogens is 242 g/mol. The number of ether oxygens (including phenoxy) is 1. The quantitative estimate of drug-likeness (QED) is 0.853. The average Bonchev–Trinajstić information content (AvgIpc) is 2.41. The lowest BCUT2D eigenvalue weighted by atomic mass is 10.2. The molecule has 0 spiro atoms. The van der Waals surface area contributed by atoms with Gasteiger partial charge in [0.15, 0.2) is 12.0 Å². The van der Waals surface area contributed by atoms with Gasteiger partial charge in [0.2, 0.25) is 5.91 Å². The lowest BCUT2D eigenvalue weighted by molar-refractivity contribution is -0.114. The van der Waals surface area contributed by atoms with Crippen molar-refractivity contribution >= 4 is 17.9 Å². The van der Waals surface area contributed by atoms with Crippen LogP contribution in [0.3, 0.4) is 0 Å². The first-order valence-corrected chi connectivity index (χ1v) is 5.79. The maximum absolute atomic E-state index is 11.1. The molecule has 1 N–H and O–H groups in total. The number of carbonyl (C=O) groups excluding carboxylic acids is 2. The van der Waals surface area contributed by atoms with Gasteiger partial charge in [0, 0.05) is 6.92 Å². The first kappa shape index (κ1) is 12.8. The maximum Gasteiger partial charge on any atom is 0.221 e. The van der Waals surface area contributed by atoms with E-state index in [4.69, 9.17) is 4.74 Å².